The van der Waals surface area contributed by atoms with Crippen LogP contribution in [0.4, 0.5) is 5.13 Å². The van der Waals surface area contributed by atoms with Gasteiger partial charge in [0.25, 0.3) is 0 Å². The van der Waals surface area contributed by atoms with Gasteiger partial charge in [-0.2, -0.15) is 0 Å². The summed E-state index contributed by atoms with van der Waals surface area (Å²) in [7, 11) is 0. The number of benzene rings is 1. The highest BCUT2D eigenvalue weighted by atomic mass is 32.2. The summed E-state index contributed by atoms with van der Waals surface area (Å²) >= 11 is 3.07. The Hall–Kier alpha value is -1.40. The van der Waals surface area contributed by atoms with Gasteiger partial charge < -0.3 is 0 Å². The van der Waals surface area contributed by atoms with Crippen LogP contribution in [0, 0.1) is 0 Å². The molecule has 1 N–H and O–H groups in total. The molecule has 4 nitrogen and oxygen atoms in total. The number of hydrogen-bond donors (Lipinski definition) is 1. The topological polar surface area (TPSA) is 54.9 Å². The van der Waals surface area contributed by atoms with Crippen LogP contribution in [-0.4, -0.2) is 27.1 Å². The lowest BCUT2D eigenvalue weighted by atomic mass is 10.2. The van der Waals surface area contributed by atoms with E-state index in [0.717, 1.165) is 29.2 Å². The Morgan fingerprint density at radius 2 is 2.10 bits per heavy atom. The van der Waals surface area contributed by atoms with Gasteiger partial charge in [-0.15, -0.1) is 22.0 Å². The number of nitrogens with one attached hydrogen (secondary N) is 1. The second-order valence-corrected chi connectivity index (χ2v) is 7.06. The molecule has 112 valence electrons. The lowest BCUT2D eigenvalue weighted by molar-refractivity contribution is -0.115. The van der Waals surface area contributed by atoms with E-state index < -0.39 is 0 Å². The Bertz CT molecular complexity index is 571. The van der Waals surface area contributed by atoms with Gasteiger partial charge in [-0.1, -0.05) is 55.0 Å². The number of amides is 1. The zero-order chi connectivity index (χ0) is 15.1. The molecule has 0 aliphatic rings. The highest BCUT2D eigenvalue weighted by Crippen LogP contribution is 2.26. The van der Waals surface area contributed by atoms with E-state index in [-0.39, 0.29) is 11.2 Å². The van der Waals surface area contributed by atoms with E-state index in [1.165, 1.54) is 11.3 Å². The number of nitrogens with zero attached hydrogens (tertiary/aromatic N) is 2. The van der Waals surface area contributed by atoms with Crippen LogP contribution in [0.15, 0.2) is 30.3 Å². The SMILES string of the molecule is CCCCSC(C)C(=O)Nc1nnc(-c2ccccc2)s1. The minimum Gasteiger partial charge on any atom is -0.300 e. The highest BCUT2D eigenvalue weighted by molar-refractivity contribution is 8.00. The first-order valence-electron chi connectivity index (χ1n) is 7.02. The van der Waals surface area contributed by atoms with Crippen molar-refractivity contribution in [1.29, 1.82) is 0 Å². The maximum absolute atomic E-state index is 12.1. The molecule has 0 radical (unpaired) electrons. The lowest BCUT2D eigenvalue weighted by Gasteiger charge is -2.09. The van der Waals surface area contributed by atoms with Gasteiger partial charge in [0.2, 0.25) is 11.0 Å². The van der Waals surface area contributed by atoms with Crippen LogP contribution >= 0.6 is 23.1 Å². The van der Waals surface area contributed by atoms with E-state index in [1.54, 1.807) is 11.8 Å². The molecule has 0 saturated heterocycles. The summed E-state index contributed by atoms with van der Waals surface area (Å²) in [6, 6.07) is 9.84. The number of carbonyl (C=O) groups excluding carboxylic acids is 1. The van der Waals surface area contributed by atoms with Crippen LogP contribution in [-0.2, 0) is 4.79 Å². The van der Waals surface area contributed by atoms with Crippen molar-refractivity contribution in [3.63, 3.8) is 0 Å². The van der Waals surface area contributed by atoms with Crippen molar-refractivity contribution in [2.75, 3.05) is 11.1 Å². The van der Waals surface area contributed by atoms with Crippen LogP contribution in [0.3, 0.4) is 0 Å². The highest BCUT2D eigenvalue weighted by Gasteiger charge is 2.15. The summed E-state index contributed by atoms with van der Waals surface area (Å²) in [5, 5.41) is 12.3. The first-order valence-corrected chi connectivity index (χ1v) is 8.88. The van der Waals surface area contributed by atoms with Gasteiger partial charge in [0, 0.05) is 5.56 Å². The van der Waals surface area contributed by atoms with E-state index in [4.69, 9.17) is 0 Å². The average molecular weight is 321 g/mol. The normalized spacial score (nSPS) is 12.1. The van der Waals surface area contributed by atoms with E-state index in [1.807, 2.05) is 37.3 Å². The van der Waals surface area contributed by atoms with Gasteiger partial charge >= 0.3 is 0 Å². The van der Waals surface area contributed by atoms with E-state index in [9.17, 15) is 4.79 Å². The Morgan fingerprint density at radius 1 is 1.33 bits per heavy atom. The number of carbonyl (C=O) groups is 1. The van der Waals surface area contributed by atoms with Crippen molar-refractivity contribution in [3.8, 4) is 10.6 Å². The molecule has 0 fully saturated rings. The number of unbranched alkanes of at least 4 members (excludes halogenated alkanes) is 1. The van der Waals surface area contributed by atoms with Gasteiger partial charge in [0.15, 0.2) is 0 Å². The quantitative estimate of drug-likeness (QED) is 0.781. The number of rotatable bonds is 7. The fraction of sp³-hybridized carbons (Fsp3) is 0.400. The zero-order valence-corrected chi connectivity index (χ0v) is 13.8. The van der Waals surface area contributed by atoms with Gasteiger partial charge in [0.1, 0.15) is 5.01 Å². The predicted octanol–water partition coefficient (Wildman–Crippen LogP) is 4.07. The van der Waals surface area contributed by atoms with E-state index >= 15 is 0 Å². The average Bonchev–Trinajstić information content (AvgIpc) is 2.97. The van der Waals surface area contributed by atoms with Gasteiger partial charge in [0.05, 0.1) is 5.25 Å². The molecule has 0 spiro atoms. The molecule has 6 heteroatoms. The van der Waals surface area contributed by atoms with Gasteiger partial charge in [-0.05, 0) is 19.1 Å². The molecule has 2 aromatic rings. The Kier molecular flexibility index (Phi) is 6.20. The minimum absolute atomic E-state index is 0.00753. The number of aromatic nitrogens is 2. The molecule has 21 heavy (non-hydrogen) atoms. The molecule has 1 aromatic carbocycles. The molecule has 1 atom stereocenters. The second-order valence-electron chi connectivity index (χ2n) is 4.63. The number of thioether (sulfide) groups is 1. The molecular weight excluding hydrogens is 302 g/mol. The Morgan fingerprint density at radius 3 is 2.81 bits per heavy atom. The fourth-order valence-electron chi connectivity index (χ4n) is 1.66. The minimum atomic E-state index is -0.0689. The smallest absolute Gasteiger partial charge is 0.239 e. The number of anilines is 1. The summed E-state index contributed by atoms with van der Waals surface area (Å²) in [5.74, 6) is 1.00. The number of hydrogen-bond acceptors (Lipinski definition) is 5. The van der Waals surface area contributed by atoms with Crippen molar-refractivity contribution in [3.05, 3.63) is 30.3 Å². The van der Waals surface area contributed by atoms with Crippen molar-refractivity contribution < 1.29 is 4.79 Å². The summed E-state index contributed by atoms with van der Waals surface area (Å²) in [5.41, 5.74) is 1.01. The predicted molar refractivity (Wildman–Crippen MR) is 90.8 cm³/mol. The molecule has 2 rings (SSSR count). The van der Waals surface area contributed by atoms with Crippen LogP contribution in [0.25, 0.3) is 10.6 Å². The molecule has 0 bridgehead atoms. The molecule has 1 amide bonds. The van der Waals surface area contributed by atoms with E-state index in [2.05, 4.69) is 22.4 Å². The van der Waals surface area contributed by atoms with Crippen LogP contribution in [0.1, 0.15) is 26.7 Å². The molecule has 1 unspecified atom stereocenters. The van der Waals surface area contributed by atoms with Crippen molar-refractivity contribution in [2.45, 2.75) is 31.9 Å². The largest absolute Gasteiger partial charge is 0.300 e. The van der Waals surface area contributed by atoms with Crippen LogP contribution in [0.2, 0.25) is 0 Å². The standard InChI is InChI=1S/C15H19N3OS2/c1-3-4-10-20-11(2)13(19)16-15-18-17-14(21-15)12-8-6-5-7-9-12/h5-9,11H,3-4,10H2,1-2H3,(H,16,18,19). The molecule has 0 saturated carbocycles. The third kappa shape index (κ3) is 4.82. The first-order chi connectivity index (χ1) is 10.2. The van der Waals surface area contributed by atoms with Crippen molar-refractivity contribution in [1.82, 2.24) is 10.2 Å². The summed E-state index contributed by atoms with van der Waals surface area (Å²) in [4.78, 5) is 12.1. The van der Waals surface area contributed by atoms with Crippen molar-refractivity contribution >= 4 is 34.1 Å². The zero-order valence-electron chi connectivity index (χ0n) is 12.2. The maximum Gasteiger partial charge on any atom is 0.239 e. The lowest BCUT2D eigenvalue weighted by Crippen LogP contribution is -2.22. The van der Waals surface area contributed by atoms with Crippen molar-refractivity contribution in [2.24, 2.45) is 0 Å². The summed E-state index contributed by atoms with van der Waals surface area (Å²) in [6.45, 7) is 4.08. The summed E-state index contributed by atoms with van der Waals surface area (Å²) < 4.78 is 0. The molecule has 0 aliphatic carbocycles. The van der Waals surface area contributed by atoms with E-state index in [0.29, 0.717) is 5.13 Å². The first kappa shape index (κ1) is 16.0. The molecular formula is C15H19N3OS2. The molecule has 0 aliphatic heterocycles. The molecule has 1 aromatic heterocycles. The Balaban J connectivity index is 1.92. The second kappa shape index (κ2) is 8.14. The van der Waals surface area contributed by atoms with Gasteiger partial charge in [-0.3, -0.25) is 10.1 Å². The maximum atomic E-state index is 12.1. The van der Waals surface area contributed by atoms with Gasteiger partial charge in [-0.25, -0.2) is 0 Å². The third-order valence-electron chi connectivity index (χ3n) is 2.91. The monoisotopic (exact) mass is 321 g/mol. The fourth-order valence-corrected chi connectivity index (χ4v) is 3.43. The van der Waals surface area contributed by atoms with Crippen LogP contribution < -0.4 is 5.32 Å². The Labute approximate surface area is 133 Å². The van der Waals surface area contributed by atoms with Crippen LogP contribution in [0.5, 0.6) is 0 Å². The third-order valence-corrected chi connectivity index (χ3v) is 5.04. The molecule has 1 heterocycles. The summed E-state index contributed by atoms with van der Waals surface area (Å²) in [6.07, 6.45) is 2.29.